The van der Waals surface area contributed by atoms with E-state index in [-0.39, 0.29) is 5.82 Å². The number of likely N-dealkylation sites (tertiary alicyclic amines) is 1. The average molecular weight is 361 g/mol. The molecule has 2 aromatic heterocycles. The van der Waals surface area contributed by atoms with Crippen LogP contribution in [0.3, 0.4) is 0 Å². The molecule has 2 aromatic rings. The summed E-state index contributed by atoms with van der Waals surface area (Å²) in [6, 6.07) is 4.79. The molecular weight excluding hydrogens is 335 g/mol. The second-order valence-corrected chi connectivity index (χ2v) is 8.53. The van der Waals surface area contributed by atoms with Gasteiger partial charge in [0.2, 0.25) is 0 Å². The van der Waals surface area contributed by atoms with E-state index in [1.807, 2.05) is 18.3 Å². The smallest absolute Gasteiger partial charge is 0.187 e. The minimum Gasteiger partial charge on any atom is -0.350 e. The lowest BCUT2D eigenvalue weighted by Crippen LogP contribution is -2.48. The van der Waals surface area contributed by atoms with Crippen molar-refractivity contribution in [1.82, 2.24) is 14.9 Å². The van der Waals surface area contributed by atoms with Crippen LogP contribution in [-0.2, 0) is 13.0 Å². The summed E-state index contributed by atoms with van der Waals surface area (Å²) in [7, 11) is 0. The molecule has 0 amide bonds. The fourth-order valence-electron chi connectivity index (χ4n) is 4.25. The van der Waals surface area contributed by atoms with Crippen molar-refractivity contribution in [3.05, 3.63) is 39.7 Å². The van der Waals surface area contributed by atoms with Crippen LogP contribution in [0.15, 0.2) is 18.5 Å². The third kappa shape index (κ3) is 3.29. The van der Waals surface area contributed by atoms with E-state index in [9.17, 15) is 4.39 Å². The quantitative estimate of drug-likeness (QED) is 0.833. The third-order valence-electron chi connectivity index (χ3n) is 5.57. The minimum absolute atomic E-state index is 0.225. The molecule has 4 heterocycles. The summed E-state index contributed by atoms with van der Waals surface area (Å²) >= 11 is 1.88. The Hall–Kier alpha value is -1.53. The van der Waals surface area contributed by atoms with Gasteiger partial charge in [-0.05, 0) is 50.8 Å². The normalized spacial score (nSPS) is 23.9. The standard InChI is InChI=1S/C19H25FN4S/c1-3-16-18(20)19(22-12-21-16)24-9-7-14-6-8-23(11-17(14)24)10-15-5-4-13(2)25-15/h4-5,12,14,17H,3,6-11H2,1-2H3. The van der Waals surface area contributed by atoms with E-state index in [1.54, 1.807) is 0 Å². The first kappa shape index (κ1) is 16.9. The Balaban J connectivity index is 1.52. The molecule has 0 radical (unpaired) electrons. The highest BCUT2D eigenvalue weighted by molar-refractivity contribution is 7.11. The number of hydrogen-bond acceptors (Lipinski definition) is 5. The first-order valence-electron chi connectivity index (χ1n) is 9.19. The van der Waals surface area contributed by atoms with Crippen LogP contribution < -0.4 is 4.90 Å². The number of anilines is 1. The summed E-state index contributed by atoms with van der Waals surface area (Å²) < 4.78 is 14.8. The lowest BCUT2D eigenvalue weighted by molar-refractivity contribution is 0.168. The molecule has 2 aliphatic heterocycles. The molecule has 0 aromatic carbocycles. The largest absolute Gasteiger partial charge is 0.350 e. The van der Waals surface area contributed by atoms with Crippen molar-refractivity contribution in [2.24, 2.45) is 5.92 Å². The molecule has 2 saturated heterocycles. The maximum Gasteiger partial charge on any atom is 0.187 e. The van der Waals surface area contributed by atoms with Crippen molar-refractivity contribution in [2.75, 3.05) is 24.5 Å². The summed E-state index contributed by atoms with van der Waals surface area (Å²) in [6.45, 7) is 8.13. The summed E-state index contributed by atoms with van der Waals surface area (Å²) in [5.41, 5.74) is 0.523. The van der Waals surface area contributed by atoms with Crippen molar-refractivity contribution in [1.29, 1.82) is 0 Å². The SMILES string of the molecule is CCc1ncnc(N2CCC3CCN(Cc4ccc(C)s4)CC32)c1F. The van der Waals surface area contributed by atoms with Gasteiger partial charge in [0.05, 0.1) is 5.69 Å². The van der Waals surface area contributed by atoms with Gasteiger partial charge >= 0.3 is 0 Å². The van der Waals surface area contributed by atoms with Gasteiger partial charge in [0, 0.05) is 35.4 Å². The highest BCUT2D eigenvalue weighted by atomic mass is 32.1. The Labute approximate surface area is 152 Å². The summed E-state index contributed by atoms with van der Waals surface area (Å²) in [5, 5.41) is 0. The summed E-state index contributed by atoms with van der Waals surface area (Å²) in [6.07, 6.45) is 4.45. The highest BCUT2D eigenvalue weighted by Gasteiger charge is 2.40. The van der Waals surface area contributed by atoms with Crippen LogP contribution >= 0.6 is 11.3 Å². The second kappa shape index (κ2) is 7.00. The van der Waals surface area contributed by atoms with E-state index in [0.717, 1.165) is 32.6 Å². The van der Waals surface area contributed by atoms with Gasteiger partial charge in [-0.3, -0.25) is 4.90 Å². The molecule has 2 unspecified atom stereocenters. The van der Waals surface area contributed by atoms with Crippen molar-refractivity contribution in [2.45, 2.75) is 45.7 Å². The fraction of sp³-hybridized carbons (Fsp3) is 0.579. The Morgan fingerprint density at radius 3 is 2.84 bits per heavy atom. The Kier molecular flexibility index (Phi) is 4.73. The molecule has 2 fully saturated rings. The summed E-state index contributed by atoms with van der Waals surface area (Å²) in [5.74, 6) is 0.936. The highest BCUT2D eigenvalue weighted by Crippen LogP contribution is 2.36. The minimum atomic E-state index is -0.225. The van der Waals surface area contributed by atoms with Crippen molar-refractivity contribution in [3.8, 4) is 0 Å². The molecule has 0 N–H and O–H groups in total. The van der Waals surface area contributed by atoms with Gasteiger partial charge in [-0.2, -0.15) is 0 Å². The third-order valence-corrected chi connectivity index (χ3v) is 6.56. The van der Waals surface area contributed by atoms with E-state index in [0.29, 0.717) is 29.9 Å². The van der Waals surface area contributed by atoms with Crippen LogP contribution in [0.4, 0.5) is 10.2 Å². The number of thiophene rings is 1. The Morgan fingerprint density at radius 1 is 1.24 bits per heavy atom. The van der Waals surface area contributed by atoms with E-state index in [4.69, 9.17) is 0 Å². The van der Waals surface area contributed by atoms with E-state index < -0.39 is 0 Å². The molecule has 6 heteroatoms. The molecule has 25 heavy (non-hydrogen) atoms. The molecular formula is C19H25FN4S. The fourth-order valence-corrected chi connectivity index (χ4v) is 5.18. The van der Waals surface area contributed by atoms with Gasteiger partial charge in [-0.15, -0.1) is 11.3 Å². The maximum atomic E-state index is 14.8. The number of aromatic nitrogens is 2. The number of aryl methyl sites for hydroxylation is 2. The van der Waals surface area contributed by atoms with Gasteiger partial charge < -0.3 is 4.90 Å². The number of hydrogen-bond donors (Lipinski definition) is 0. The van der Waals surface area contributed by atoms with Gasteiger partial charge in [-0.1, -0.05) is 6.92 Å². The first-order chi connectivity index (χ1) is 12.2. The molecule has 134 valence electrons. The zero-order valence-corrected chi connectivity index (χ0v) is 15.7. The predicted octanol–water partition coefficient (Wildman–Crippen LogP) is 3.65. The molecule has 0 spiro atoms. The molecule has 0 aliphatic carbocycles. The van der Waals surface area contributed by atoms with Crippen LogP contribution in [0.25, 0.3) is 0 Å². The van der Waals surface area contributed by atoms with E-state index in [1.165, 1.54) is 22.5 Å². The molecule has 2 aliphatic rings. The number of rotatable bonds is 4. The lowest BCUT2D eigenvalue weighted by atomic mass is 9.92. The van der Waals surface area contributed by atoms with Gasteiger partial charge in [0.1, 0.15) is 6.33 Å². The first-order valence-corrected chi connectivity index (χ1v) is 10.0. The number of nitrogens with zero attached hydrogens (tertiary/aromatic N) is 4. The van der Waals surface area contributed by atoms with Gasteiger partial charge in [0.15, 0.2) is 11.6 Å². The zero-order valence-electron chi connectivity index (χ0n) is 14.9. The van der Waals surface area contributed by atoms with Crippen molar-refractivity contribution < 1.29 is 4.39 Å². The number of halogens is 1. The Morgan fingerprint density at radius 2 is 2.08 bits per heavy atom. The summed E-state index contributed by atoms with van der Waals surface area (Å²) in [4.78, 5) is 15.9. The Bertz CT molecular complexity index is 747. The molecule has 0 saturated carbocycles. The van der Waals surface area contributed by atoms with E-state index in [2.05, 4.69) is 38.8 Å². The predicted molar refractivity (Wildman–Crippen MR) is 99.6 cm³/mol. The average Bonchev–Trinajstić information content (AvgIpc) is 3.21. The molecule has 4 nitrogen and oxygen atoms in total. The second-order valence-electron chi connectivity index (χ2n) is 7.16. The van der Waals surface area contributed by atoms with Gasteiger partial charge in [0.25, 0.3) is 0 Å². The van der Waals surface area contributed by atoms with Gasteiger partial charge in [-0.25, -0.2) is 14.4 Å². The lowest BCUT2D eigenvalue weighted by Gasteiger charge is -2.38. The van der Waals surface area contributed by atoms with Crippen LogP contribution in [0.2, 0.25) is 0 Å². The maximum absolute atomic E-state index is 14.8. The van der Waals surface area contributed by atoms with Crippen molar-refractivity contribution in [3.63, 3.8) is 0 Å². The van der Waals surface area contributed by atoms with Crippen LogP contribution in [-0.4, -0.2) is 40.5 Å². The number of fused-ring (bicyclic) bond motifs is 1. The van der Waals surface area contributed by atoms with Crippen LogP contribution in [0, 0.1) is 18.7 Å². The van der Waals surface area contributed by atoms with E-state index >= 15 is 0 Å². The molecule has 4 rings (SSSR count). The molecule has 0 bridgehead atoms. The van der Waals surface area contributed by atoms with Crippen LogP contribution in [0.5, 0.6) is 0 Å². The van der Waals surface area contributed by atoms with Crippen molar-refractivity contribution >= 4 is 17.2 Å². The monoisotopic (exact) mass is 360 g/mol. The number of piperidine rings is 1. The molecule has 2 atom stereocenters. The topological polar surface area (TPSA) is 32.3 Å². The zero-order chi connectivity index (χ0) is 17.4. The van der Waals surface area contributed by atoms with Crippen LogP contribution in [0.1, 0.15) is 35.2 Å².